The third kappa shape index (κ3) is 3.44. The van der Waals surface area contributed by atoms with Crippen molar-refractivity contribution in [2.75, 3.05) is 5.32 Å². The second-order valence-corrected chi connectivity index (χ2v) is 4.98. The zero-order valence-electron chi connectivity index (χ0n) is 12.3. The molecule has 1 aromatic heterocycles. The molecule has 0 aliphatic rings. The van der Waals surface area contributed by atoms with Gasteiger partial charge in [-0.3, -0.25) is 4.98 Å². The molecule has 0 unspecified atom stereocenters. The molecule has 0 saturated heterocycles. The van der Waals surface area contributed by atoms with Crippen molar-refractivity contribution in [3.8, 4) is 6.07 Å². The second-order valence-electron chi connectivity index (χ2n) is 4.98. The number of amides is 2. The van der Waals surface area contributed by atoms with E-state index >= 15 is 0 Å². The number of carbonyl (C=O) groups is 1. The van der Waals surface area contributed by atoms with E-state index in [0.29, 0.717) is 17.8 Å². The Kier molecular flexibility index (Phi) is 4.16. The summed E-state index contributed by atoms with van der Waals surface area (Å²) in [4.78, 5) is 16.3. The summed E-state index contributed by atoms with van der Waals surface area (Å²) < 4.78 is 0. The van der Waals surface area contributed by atoms with Crippen molar-refractivity contribution in [1.29, 1.82) is 5.26 Å². The first kappa shape index (κ1) is 14.5. The molecule has 112 valence electrons. The van der Waals surface area contributed by atoms with Gasteiger partial charge >= 0.3 is 6.03 Å². The van der Waals surface area contributed by atoms with Gasteiger partial charge in [0, 0.05) is 17.3 Å². The van der Waals surface area contributed by atoms with E-state index in [-0.39, 0.29) is 6.03 Å². The fourth-order valence-electron chi connectivity index (χ4n) is 2.33. The summed E-state index contributed by atoms with van der Waals surface area (Å²) in [5.74, 6) is 0. The summed E-state index contributed by atoms with van der Waals surface area (Å²) in [5, 5.41) is 16.5. The minimum Gasteiger partial charge on any atom is -0.332 e. The Labute approximate surface area is 133 Å². The molecular formula is C18H14N4O. The summed E-state index contributed by atoms with van der Waals surface area (Å²) in [6, 6.07) is 18.3. The van der Waals surface area contributed by atoms with Gasteiger partial charge < -0.3 is 10.6 Å². The van der Waals surface area contributed by atoms with Crippen molar-refractivity contribution in [2.45, 2.75) is 6.54 Å². The van der Waals surface area contributed by atoms with Gasteiger partial charge in [-0.05, 0) is 29.7 Å². The highest BCUT2D eigenvalue weighted by atomic mass is 16.2. The molecule has 0 aliphatic heterocycles. The van der Waals surface area contributed by atoms with Gasteiger partial charge in [0.2, 0.25) is 0 Å². The van der Waals surface area contributed by atoms with Crippen LogP contribution in [0, 0.1) is 11.3 Å². The number of anilines is 1. The lowest BCUT2D eigenvalue weighted by atomic mass is 10.1. The Morgan fingerprint density at radius 1 is 1.13 bits per heavy atom. The molecular weight excluding hydrogens is 288 g/mol. The highest BCUT2D eigenvalue weighted by molar-refractivity contribution is 5.90. The average molecular weight is 302 g/mol. The van der Waals surface area contributed by atoms with Gasteiger partial charge in [0.15, 0.2) is 0 Å². The van der Waals surface area contributed by atoms with E-state index in [1.165, 1.54) is 0 Å². The van der Waals surface area contributed by atoms with Gasteiger partial charge in [0.05, 0.1) is 23.9 Å². The SMILES string of the molecule is N#Cc1cccc(NC(=O)NCc2nccc3ccccc23)c1. The highest BCUT2D eigenvalue weighted by Crippen LogP contribution is 2.16. The average Bonchev–Trinajstić information content (AvgIpc) is 2.60. The standard InChI is InChI=1S/C18H14N4O/c19-11-13-4-3-6-15(10-13)22-18(23)21-12-17-16-7-2-1-5-14(16)8-9-20-17/h1-10H,12H2,(H2,21,22,23). The lowest BCUT2D eigenvalue weighted by Gasteiger charge is -2.09. The van der Waals surface area contributed by atoms with Crippen LogP contribution in [-0.2, 0) is 6.54 Å². The number of aromatic nitrogens is 1. The molecule has 0 fully saturated rings. The number of nitriles is 1. The van der Waals surface area contributed by atoms with Crippen molar-refractivity contribution in [3.63, 3.8) is 0 Å². The highest BCUT2D eigenvalue weighted by Gasteiger charge is 2.05. The number of pyridine rings is 1. The van der Waals surface area contributed by atoms with Gasteiger partial charge in [-0.25, -0.2) is 4.79 Å². The summed E-state index contributed by atoms with van der Waals surface area (Å²) >= 11 is 0. The first-order chi connectivity index (χ1) is 11.3. The Hall–Kier alpha value is -3.39. The third-order valence-corrected chi connectivity index (χ3v) is 3.42. The number of hydrogen-bond donors (Lipinski definition) is 2. The van der Waals surface area contributed by atoms with Gasteiger partial charge in [0.1, 0.15) is 0 Å². The summed E-state index contributed by atoms with van der Waals surface area (Å²) in [6.07, 6.45) is 1.73. The fraction of sp³-hybridized carbons (Fsp3) is 0.0556. The maximum absolute atomic E-state index is 12.0. The van der Waals surface area contributed by atoms with Crippen LogP contribution in [0.3, 0.4) is 0 Å². The Morgan fingerprint density at radius 2 is 2.00 bits per heavy atom. The Morgan fingerprint density at radius 3 is 2.87 bits per heavy atom. The molecule has 1 heterocycles. The molecule has 0 aliphatic carbocycles. The number of nitrogens with one attached hydrogen (secondary N) is 2. The number of hydrogen-bond acceptors (Lipinski definition) is 3. The van der Waals surface area contributed by atoms with Gasteiger partial charge in [-0.2, -0.15) is 5.26 Å². The van der Waals surface area contributed by atoms with Crippen LogP contribution in [-0.4, -0.2) is 11.0 Å². The molecule has 3 rings (SSSR count). The third-order valence-electron chi connectivity index (χ3n) is 3.42. The van der Waals surface area contributed by atoms with Crippen molar-refractivity contribution < 1.29 is 4.79 Å². The molecule has 5 nitrogen and oxygen atoms in total. The predicted octanol–water partition coefficient (Wildman–Crippen LogP) is 3.43. The van der Waals surface area contributed by atoms with Crippen molar-refractivity contribution in [3.05, 3.63) is 72.1 Å². The lowest BCUT2D eigenvalue weighted by molar-refractivity contribution is 0.251. The van der Waals surface area contributed by atoms with Crippen LogP contribution in [0.15, 0.2) is 60.8 Å². The van der Waals surface area contributed by atoms with Crippen LogP contribution in [0.2, 0.25) is 0 Å². The van der Waals surface area contributed by atoms with E-state index in [2.05, 4.69) is 15.6 Å². The second kappa shape index (κ2) is 6.58. The molecule has 0 bridgehead atoms. The van der Waals surface area contributed by atoms with E-state index in [9.17, 15) is 4.79 Å². The largest absolute Gasteiger partial charge is 0.332 e. The zero-order valence-corrected chi connectivity index (χ0v) is 12.3. The van der Waals surface area contributed by atoms with Crippen LogP contribution in [0.1, 0.15) is 11.3 Å². The van der Waals surface area contributed by atoms with Crippen LogP contribution in [0.25, 0.3) is 10.8 Å². The molecule has 0 spiro atoms. The quantitative estimate of drug-likeness (QED) is 0.778. The van der Waals surface area contributed by atoms with Crippen molar-refractivity contribution in [1.82, 2.24) is 10.3 Å². The molecule has 0 saturated carbocycles. The van der Waals surface area contributed by atoms with Gasteiger partial charge in [-0.15, -0.1) is 0 Å². The number of fused-ring (bicyclic) bond motifs is 1. The molecule has 23 heavy (non-hydrogen) atoms. The lowest BCUT2D eigenvalue weighted by Crippen LogP contribution is -2.28. The molecule has 5 heteroatoms. The first-order valence-electron chi connectivity index (χ1n) is 7.14. The van der Waals surface area contributed by atoms with Crippen LogP contribution in [0.4, 0.5) is 10.5 Å². The molecule has 2 aromatic carbocycles. The molecule has 0 atom stereocenters. The number of benzene rings is 2. The number of carbonyl (C=O) groups excluding carboxylic acids is 1. The van der Waals surface area contributed by atoms with Crippen LogP contribution < -0.4 is 10.6 Å². The normalized spacial score (nSPS) is 10.0. The molecule has 0 radical (unpaired) electrons. The van der Waals surface area contributed by atoms with E-state index in [0.717, 1.165) is 16.5 Å². The molecule has 2 amide bonds. The van der Waals surface area contributed by atoms with Crippen LogP contribution in [0.5, 0.6) is 0 Å². The van der Waals surface area contributed by atoms with E-state index < -0.39 is 0 Å². The topological polar surface area (TPSA) is 77.8 Å². The molecule has 3 aromatic rings. The maximum atomic E-state index is 12.0. The van der Waals surface area contributed by atoms with E-state index in [1.54, 1.807) is 30.5 Å². The minimum absolute atomic E-state index is 0.325. The van der Waals surface area contributed by atoms with Crippen molar-refractivity contribution >= 4 is 22.5 Å². The Bertz CT molecular complexity index is 893. The summed E-state index contributed by atoms with van der Waals surface area (Å²) in [5.41, 5.74) is 1.88. The Balaban J connectivity index is 1.68. The van der Waals surface area contributed by atoms with E-state index in [4.69, 9.17) is 5.26 Å². The number of rotatable bonds is 3. The molecule has 2 N–H and O–H groups in total. The number of urea groups is 1. The smallest absolute Gasteiger partial charge is 0.319 e. The fourth-order valence-corrected chi connectivity index (χ4v) is 2.33. The van der Waals surface area contributed by atoms with Crippen LogP contribution >= 0.6 is 0 Å². The van der Waals surface area contributed by atoms with E-state index in [1.807, 2.05) is 36.4 Å². The van der Waals surface area contributed by atoms with Crippen molar-refractivity contribution in [2.24, 2.45) is 0 Å². The summed E-state index contributed by atoms with van der Waals surface area (Å²) in [6.45, 7) is 0.325. The summed E-state index contributed by atoms with van der Waals surface area (Å²) in [7, 11) is 0. The maximum Gasteiger partial charge on any atom is 0.319 e. The zero-order chi connectivity index (χ0) is 16.1. The number of nitrogens with zero attached hydrogens (tertiary/aromatic N) is 2. The first-order valence-corrected chi connectivity index (χ1v) is 7.14. The predicted molar refractivity (Wildman–Crippen MR) is 88.8 cm³/mol. The van der Waals surface area contributed by atoms with Gasteiger partial charge in [-0.1, -0.05) is 30.3 Å². The monoisotopic (exact) mass is 302 g/mol. The minimum atomic E-state index is -0.338. The van der Waals surface area contributed by atoms with Gasteiger partial charge in [0.25, 0.3) is 0 Å².